The Morgan fingerprint density at radius 3 is 2.28 bits per heavy atom. The number of alkyl halides is 3. The fraction of sp³-hybridized carbons (Fsp3) is 0.800. The van der Waals surface area contributed by atoms with Crippen LogP contribution in [-0.2, 0) is 9.59 Å². The highest BCUT2D eigenvalue weighted by Crippen LogP contribution is 2.16. The van der Waals surface area contributed by atoms with Crippen molar-refractivity contribution in [3.63, 3.8) is 0 Å². The van der Waals surface area contributed by atoms with E-state index in [1.165, 1.54) is 0 Å². The molecule has 0 bridgehead atoms. The molecule has 0 aliphatic carbocycles. The Morgan fingerprint density at radius 2 is 1.89 bits per heavy atom. The summed E-state index contributed by atoms with van der Waals surface area (Å²) >= 11 is 0. The van der Waals surface area contributed by atoms with Crippen molar-refractivity contribution in [2.75, 3.05) is 19.6 Å². The molecule has 0 saturated carbocycles. The van der Waals surface area contributed by atoms with Gasteiger partial charge in [-0.15, -0.1) is 0 Å². The number of hydrogen-bond acceptors (Lipinski definition) is 3. The van der Waals surface area contributed by atoms with Gasteiger partial charge in [0.25, 0.3) is 0 Å². The van der Waals surface area contributed by atoms with Gasteiger partial charge in [0.1, 0.15) is 0 Å². The lowest BCUT2D eigenvalue weighted by molar-refractivity contribution is -0.154. The smallest absolute Gasteiger partial charge is 0.401 e. The molecule has 0 saturated heterocycles. The summed E-state index contributed by atoms with van der Waals surface area (Å²) in [5.74, 6) is -1.76. The molecule has 0 unspecified atom stereocenters. The van der Waals surface area contributed by atoms with Gasteiger partial charge in [-0.2, -0.15) is 13.2 Å². The fourth-order valence-electron chi connectivity index (χ4n) is 1.31. The monoisotopic (exact) mass is 270 g/mol. The van der Waals surface area contributed by atoms with Gasteiger partial charge in [-0.3, -0.25) is 14.5 Å². The van der Waals surface area contributed by atoms with Crippen LogP contribution >= 0.6 is 0 Å². The van der Waals surface area contributed by atoms with Gasteiger partial charge in [-0.05, 0) is 13.8 Å². The molecule has 18 heavy (non-hydrogen) atoms. The van der Waals surface area contributed by atoms with Crippen LogP contribution in [0.2, 0.25) is 0 Å². The number of carboxylic acid groups (broad SMARTS) is 1. The summed E-state index contributed by atoms with van der Waals surface area (Å²) in [6.07, 6.45) is -4.65. The number of carboxylic acids is 1. The highest BCUT2D eigenvalue weighted by atomic mass is 19.4. The van der Waals surface area contributed by atoms with Crippen LogP contribution in [0.25, 0.3) is 0 Å². The third-order valence-corrected chi connectivity index (χ3v) is 1.87. The van der Waals surface area contributed by atoms with E-state index >= 15 is 0 Å². The molecule has 2 N–H and O–H groups in total. The van der Waals surface area contributed by atoms with Gasteiger partial charge in [0.05, 0.1) is 13.1 Å². The van der Waals surface area contributed by atoms with Crippen LogP contribution in [0.3, 0.4) is 0 Å². The number of carbonyl (C=O) groups excluding carboxylic acids is 1. The summed E-state index contributed by atoms with van der Waals surface area (Å²) in [6.45, 7) is 1.12. The molecule has 106 valence electrons. The normalized spacial score (nSPS) is 11.9. The lowest BCUT2D eigenvalue weighted by atomic mass is 10.3. The van der Waals surface area contributed by atoms with Gasteiger partial charge in [0, 0.05) is 19.0 Å². The fourth-order valence-corrected chi connectivity index (χ4v) is 1.31. The first-order valence-electron chi connectivity index (χ1n) is 5.40. The first-order valence-corrected chi connectivity index (χ1v) is 5.40. The summed E-state index contributed by atoms with van der Waals surface area (Å²) < 4.78 is 36.5. The average Bonchev–Trinajstić information content (AvgIpc) is 2.09. The third kappa shape index (κ3) is 9.88. The maximum atomic E-state index is 12.2. The number of carbonyl (C=O) groups is 2. The second-order valence-corrected chi connectivity index (χ2v) is 4.19. The number of hydrogen-bond donors (Lipinski definition) is 2. The van der Waals surface area contributed by atoms with Crippen molar-refractivity contribution in [1.29, 1.82) is 0 Å². The molecule has 0 rings (SSSR count). The van der Waals surface area contributed by atoms with E-state index in [1.807, 2.05) is 0 Å². The van der Waals surface area contributed by atoms with Crippen molar-refractivity contribution in [1.82, 2.24) is 10.2 Å². The summed E-state index contributed by atoms with van der Waals surface area (Å²) in [7, 11) is 0. The zero-order valence-electron chi connectivity index (χ0n) is 10.3. The largest absolute Gasteiger partial charge is 0.480 e. The maximum Gasteiger partial charge on any atom is 0.401 e. The predicted octanol–water partition coefficient (Wildman–Crippen LogP) is 0.850. The van der Waals surface area contributed by atoms with E-state index in [0.717, 1.165) is 0 Å². The maximum absolute atomic E-state index is 12.2. The Balaban J connectivity index is 4.24. The number of aliphatic carboxylic acids is 1. The Bertz CT molecular complexity index is 293. The van der Waals surface area contributed by atoms with E-state index in [-0.39, 0.29) is 19.0 Å². The van der Waals surface area contributed by atoms with Crippen molar-refractivity contribution in [2.45, 2.75) is 32.5 Å². The van der Waals surface area contributed by atoms with Gasteiger partial charge in [0.15, 0.2) is 0 Å². The van der Waals surface area contributed by atoms with Gasteiger partial charge in [0.2, 0.25) is 5.91 Å². The van der Waals surface area contributed by atoms with E-state index in [2.05, 4.69) is 5.32 Å². The zero-order valence-corrected chi connectivity index (χ0v) is 10.3. The van der Waals surface area contributed by atoms with E-state index in [9.17, 15) is 22.8 Å². The summed E-state index contributed by atoms with van der Waals surface area (Å²) in [5.41, 5.74) is 0. The Hall–Kier alpha value is -1.31. The third-order valence-electron chi connectivity index (χ3n) is 1.87. The lowest BCUT2D eigenvalue weighted by Crippen LogP contribution is -2.40. The van der Waals surface area contributed by atoms with Crippen molar-refractivity contribution in [3.05, 3.63) is 0 Å². The minimum atomic E-state index is -4.48. The van der Waals surface area contributed by atoms with Crippen molar-refractivity contribution >= 4 is 11.9 Å². The first kappa shape index (κ1) is 16.7. The molecule has 0 aromatic rings. The second kappa shape index (κ2) is 7.20. The zero-order chi connectivity index (χ0) is 14.3. The highest BCUT2D eigenvalue weighted by Gasteiger charge is 2.31. The standard InChI is InChI=1S/C10H17F3N2O3/c1-7(2)14-8(16)3-4-15(5-9(17)18)6-10(11,12)13/h7H,3-6H2,1-2H3,(H,14,16)(H,17,18). The molecule has 0 heterocycles. The van der Waals surface area contributed by atoms with E-state index < -0.39 is 31.1 Å². The van der Waals surface area contributed by atoms with E-state index in [1.54, 1.807) is 13.8 Å². The van der Waals surface area contributed by atoms with Crippen molar-refractivity contribution in [2.24, 2.45) is 0 Å². The van der Waals surface area contributed by atoms with Crippen LogP contribution in [0.4, 0.5) is 13.2 Å². The highest BCUT2D eigenvalue weighted by molar-refractivity contribution is 5.76. The molecule has 0 aliphatic rings. The SMILES string of the molecule is CC(C)NC(=O)CCN(CC(=O)O)CC(F)(F)F. The van der Waals surface area contributed by atoms with Crippen LogP contribution < -0.4 is 5.32 Å². The van der Waals surface area contributed by atoms with Crippen LogP contribution in [0, 0.1) is 0 Å². The number of amides is 1. The molecule has 0 aromatic heterocycles. The Kier molecular flexibility index (Phi) is 6.67. The van der Waals surface area contributed by atoms with Gasteiger partial charge < -0.3 is 10.4 Å². The number of rotatable bonds is 7. The molecular weight excluding hydrogens is 253 g/mol. The molecule has 0 fully saturated rings. The summed E-state index contributed by atoms with van der Waals surface area (Å²) in [4.78, 5) is 22.3. The quantitative estimate of drug-likeness (QED) is 0.719. The minimum absolute atomic E-state index is 0.104. The summed E-state index contributed by atoms with van der Waals surface area (Å²) in [5, 5.41) is 11.0. The number of nitrogens with one attached hydrogen (secondary N) is 1. The number of nitrogens with zero attached hydrogens (tertiary/aromatic N) is 1. The minimum Gasteiger partial charge on any atom is -0.480 e. The molecule has 0 aromatic carbocycles. The average molecular weight is 270 g/mol. The van der Waals surface area contributed by atoms with E-state index in [4.69, 9.17) is 5.11 Å². The molecule has 0 atom stereocenters. The molecule has 0 spiro atoms. The van der Waals surface area contributed by atoms with Gasteiger partial charge >= 0.3 is 12.1 Å². The van der Waals surface area contributed by atoms with Crippen molar-refractivity contribution < 1.29 is 27.9 Å². The van der Waals surface area contributed by atoms with Crippen LogP contribution in [0.5, 0.6) is 0 Å². The molecule has 8 heteroatoms. The summed E-state index contributed by atoms with van der Waals surface area (Å²) in [6, 6.07) is -0.104. The van der Waals surface area contributed by atoms with E-state index in [0.29, 0.717) is 4.90 Å². The molecule has 1 amide bonds. The molecule has 5 nitrogen and oxygen atoms in total. The van der Waals surface area contributed by atoms with Crippen LogP contribution in [0.1, 0.15) is 20.3 Å². The van der Waals surface area contributed by atoms with Gasteiger partial charge in [-0.1, -0.05) is 0 Å². The lowest BCUT2D eigenvalue weighted by Gasteiger charge is -2.21. The topological polar surface area (TPSA) is 69.6 Å². The Labute approximate surface area is 103 Å². The van der Waals surface area contributed by atoms with Crippen molar-refractivity contribution in [3.8, 4) is 0 Å². The molecule has 0 aliphatic heterocycles. The van der Waals surface area contributed by atoms with Crippen LogP contribution in [0.15, 0.2) is 0 Å². The molecular formula is C10H17F3N2O3. The molecule has 0 radical (unpaired) electrons. The predicted molar refractivity (Wildman–Crippen MR) is 58.0 cm³/mol. The van der Waals surface area contributed by atoms with Gasteiger partial charge in [-0.25, -0.2) is 0 Å². The second-order valence-electron chi connectivity index (χ2n) is 4.19. The Morgan fingerprint density at radius 1 is 1.33 bits per heavy atom. The first-order chi connectivity index (χ1) is 8.10. The van der Waals surface area contributed by atoms with Crippen LogP contribution in [-0.4, -0.2) is 53.7 Å². The number of halogens is 3.